The minimum Gasteiger partial charge on any atom is -0.507 e. The molecule has 1 aromatic heterocycles. The van der Waals surface area contributed by atoms with E-state index in [-0.39, 0.29) is 17.0 Å². The number of fused-ring (bicyclic) bond motifs is 5. The van der Waals surface area contributed by atoms with Gasteiger partial charge in [0.25, 0.3) is 0 Å². The molecule has 4 nitrogen and oxygen atoms in total. The molecule has 0 fully saturated rings. The Morgan fingerprint density at radius 1 is 0.391 bits per heavy atom. The van der Waals surface area contributed by atoms with Crippen LogP contribution in [-0.4, -0.2) is 5.11 Å². The first-order chi connectivity index (χ1) is 31.3. The highest BCUT2D eigenvalue weighted by Crippen LogP contribution is 2.44. The maximum absolute atomic E-state index is 16.0. The van der Waals surface area contributed by atoms with Gasteiger partial charge < -0.3 is 20.2 Å². The first-order valence-electron chi connectivity index (χ1n) is 20.7. The summed E-state index contributed by atoms with van der Waals surface area (Å²) in [6.45, 7) is 0. The van der Waals surface area contributed by atoms with Gasteiger partial charge in [0, 0.05) is 44.3 Å². The van der Waals surface area contributed by atoms with Gasteiger partial charge in [-0.3, -0.25) is 0 Å². The van der Waals surface area contributed by atoms with Gasteiger partial charge in [-0.25, -0.2) is 17.6 Å². The lowest BCUT2D eigenvalue weighted by Crippen LogP contribution is -2.07. The maximum atomic E-state index is 16.0. The molecule has 308 valence electrons. The second-order valence-corrected chi connectivity index (χ2v) is 15.6. The van der Waals surface area contributed by atoms with Crippen LogP contribution in [0.4, 0.5) is 40.3 Å². The number of halogens is 4. The number of phenolic OH excluding ortho intramolecular Hbond substituents is 1. The lowest BCUT2D eigenvalue weighted by atomic mass is 9.94. The summed E-state index contributed by atoms with van der Waals surface area (Å²) in [5.74, 6) is -6.73. The van der Waals surface area contributed by atoms with Gasteiger partial charge in [-0.2, -0.15) is 0 Å². The molecule has 0 saturated carbocycles. The largest absolute Gasteiger partial charge is 0.507 e. The van der Waals surface area contributed by atoms with E-state index in [9.17, 15) is 5.11 Å². The molecule has 10 aromatic carbocycles. The molecular formula is C56H34F4N2O2. The van der Waals surface area contributed by atoms with E-state index in [1.165, 1.54) is 12.1 Å². The molecular weight excluding hydrogens is 809 g/mol. The number of anilines is 4. The summed E-state index contributed by atoms with van der Waals surface area (Å²) >= 11 is 0. The quantitative estimate of drug-likeness (QED) is 0.105. The van der Waals surface area contributed by atoms with E-state index in [4.69, 9.17) is 4.42 Å². The Labute approximate surface area is 364 Å². The average molecular weight is 843 g/mol. The predicted octanol–water partition coefficient (Wildman–Crippen LogP) is 16.3. The average Bonchev–Trinajstić information content (AvgIpc) is 3.72. The molecule has 0 amide bonds. The Morgan fingerprint density at radius 3 is 1.77 bits per heavy atom. The second-order valence-electron chi connectivity index (χ2n) is 15.6. The van der Waals surface area contributed by atoms with Crippen molar-refractivity contribution in [1.82, 2.24) is 0 Å². The van der Waals surface area contributed by atoms with Crippen LogP contribution in [0.3, 0.4) is 0 Å². The zero-order chi connectivity index (χ0) is 43.5. The van der Waals surface area contributed by atoms with E-state index in [0.717, 1.165) is 77.6 Å². The van der Waals surface area contributed by atoms with Crippen molar-refractivity contribution in [2.75, 3.05) is 10.6 Å². The van der Waals surface area contributed by atoms with E-state index < -0.39 is 34.5 Å². The summed E-state index contributed by atoms with van der Waals surface area (Å²) < 4.78 is 70.0. The third-order valence-corrected chi connectivity index (χ3v) is 11.9. The lowest BCUT2D eigenvalue weighted by Gasteiger charge is -2.18. The van der Waals surface area contributed by atoms with E-state index in [0.29, 0.717) is 16.7 Å². The van der Waals surface area contributed by atoms with Crippen LogP contribution in [0.15, 0.2) is 192 Å². The maximum Gasteiger partial charge on any atom is 0.186 e. The Bertz CT molecular complexity index is 3600. The fraction of sp³-hybridized carbons (Fsp3) is 0. The van der Waals surface area contributed by atoms with Crippen LogP contribution in [0.25, 0.3) is 88.0 Å². The Kier molecular flexibility index (Phi) is 9.35. The minimum absolute atomic E-state index is 0.236. The van der Waals surface area contributed by atoms with Gasteiger partial charge >= 0.3 is 0 Å². The molecule has 1 heterocycles. The molecule has 0 aliphatic rings. The summed E-state index contributed by atoms with van der Waals surface area (Å²) in [4.78, 5) is 0. The van der Waals surface area contributed by atoms with Gasteiger partial charge in [-0.05, 0) is 86.4 Å². The Morgan fingerprint density at radius 2 is 0.969 bits per heavy atom. The molecule has 8 heteroatoms. The normalized spacial score (nSPS) is 11.5. The van der Waals surface area contributed by atoms with Crippen molar-refractivity contribution < 1.29 is 27.1 Å². The number of benzene rings is 10. The molecule has 0 unspecified atom stereocenters. The summed E-state index contributed by atoms with van der Waals surface area (Å²) in [5.41, 5.74) is 5.92. The number of rotatable bonds is 8. The number of furan rings is 1. The summed E-state index contributed by atoms with van der Waals surface area (Å²) in [7, 11) is 0. The number of para-hydroxylation sites is 2. The predicted molar refractivity (Wildman–Crippen MR) is 251 cm³/mol. The van der Waals surface area contributed by atoms with E-state index >= 15 is 17.6 Å². The molecule has 3 N–H and O–H groups in total. The fourth-order valence-electron chi connectivity index (χ4n) is 8.88. The van der Waals surface area contributed by atoms with Crippen molar-refractivity contribution in [2.45, 2.75) is 0 Å². The molecule has 0 atom stereocenters. The SMILES string of the molecule is Oc1cc(-c2c(F)c(F)c(Nc3ccccc3-c3cccc4ccccc34)c(F)c2F)ccc1-c1ccc(Nc2ccc(-c3cccc4oc5ccccc5c34)cc2)c2ccccc12. The van der Waals surface area contributed by atoms with Crippen LogP contribution >= 0.6 is 0 Å². The van der Waals surface area contributed by atoms with Gasteiger partial charge in [0.1, 0.15) is 22.6 Å². The van der Waals surface area contributed by atoms with Crippen LogP contribution in [0, 0.1) is 23.3 Å². The summed E-state index contributed by atoms with van der Waals surface area (Å²) in [5, 5.41) is 23.2. The van der Waals surface area contributed by atoms with Crippen molar-refractivity contribution in [3.05, 3.63) is 211 Å². The van der Waals surface area contributed by atoms with Gasteiger partial charge in [-0.1, -0.05) is 146 Å². The van der Waals surface area contributed by atoms with Crippen LogP contribution < -0.4 is 10.6 Å². The smallest absolute Gasteiger partial charge is 0.186 e. The van der Waals surface area contributed by atoms with Crippen molar-refractivity contribution in [3.63, 3.8) is 0 Å². The van der Waals surface area contributed by atoms with Crippen molar-refractivity contribution in [1.29, 1.82) is 0 Å². The molecule has 0 spiro atoms. The van der Waals surface area contributed by atoms with Crippen molar-refractivity contribution in [3.8, 4) is 50.3 Å². The monoisotopic (exact) mass is 842 g/mol. The standard InChI is InChI=1S/C56H34F4N2O2/c57-52-50(53(58)55(60)56(54(52)59)62-45-20-7-5-16-41(45)38-19-9-12-32-11-1-2-13-36(32)38)34-25-28-43(47(63)31-34)40-29-30-46(42-15-4-3-14-39(40)42)61-35-26-23-33(24-27-35)37-18-10-22-49-51(37)44-17-6-8-21-48(44)64-49/h1-31,61-63H. The Balaban J connectivity index is 0.890. The molecule has 0 bridgehead atoms. The second kappa shape index (κ2) is 15.5. The third kappa shape index (κ3) is 6.46. The molecule has 64 heavy (non-hydrogen) atoms. The number of hydrogen-bond donors (Lipinski definition) is 3. The highest BCUT2D eigenvalue weighted by atomic mass is 19.2. The van der Waals surface area contributed by atoms with Crippen LogP contribution in [-0.2, 0) is 0 Å². The number of aromatic hydroxyl groups is 1. The van der Waals surface area contributed by atoms with Crippen LogP contribution in [0.2, 0.25) is 0 Å². The number of nitrogens with one attached hydrogen (secondary N) is 2. The lowest BCUT2D eigenvalue weighted by molar-refractivity contribution is 0.463. The summed E-state index contributed by atoms with van der Waals surface area (Å²) in [6, 6.07) is 57.7. The highest BCUT2D eigenvalue weighted by molar-refractivity contribution is 6.12. The summed E-state index contributed by atoms with van der Waals surface area (Å²) in [6.07, 6.45) is 0. The zero-order valence-corrected chi connectivity index (χ0v) is 33.8. The van der Waals surface area contributed by atoms with Gasteiger partial charge in [0.15, 0.2) is 23.3 Å². The van der Waals surface area contributed by atoms with Gasteiger partial charge in [-0.15, -0.1) is 0 Å². The van der Waals surface area contributed by atoms with Gasteiger partial charge in [0.05, 0.1) is 5.56 Å². The fourth-order valence-corrected chi connectivity index (χ4v) is 8.88. The van der Waals surface area contributed by atoms with E-state index in [1.54, 1.807) is 24.3 Å². The van der Waals surface area contributed by atoms with Crippen LogP contribution in [0.1, 0.15) is 0 Å². The first-order valence-corrected chi connectivity index (χ1v) is 20.7. The van der Waals surface area contributed by atoms with Gasteiger partial charge in [0.2, 0.25) is 0 Å². The molecule has 0 saturated heterocycles. The topological polar surface area (TPSA) is 57.4 Å². The molecule has 0 aliphatic heterocycles. The molecule has 0 radical (unpaired) electrons. The molecule has 11 rings (SSSR count). The zero-order valence-electron chi connectivity index (χ0n) is 33.8. The third-order valence-electron chi connectivity index (χ3n) is 11.9. The van der Waals surface area contributed by atoms with Crippen molar-refractivity contribution in [2.24, 2.45) is 0 Å². The van der Waals surface area contributed by atoms with Crippen LogP contribution in [0.5, 0.6) is 5.75 Å². The highest BCUT2D eigenvalue weighted by Gasteiger charge is 2.28. The molecule has 11 aromatic rings. The minimum atomic E-state index is -1.60. The number of phenols is 1. The Hall–Kier alpha value is -8.36. The first kappa shape index (κ1) is 38.6. The van der Waals surface area contributed by atoms with E-state index in [1.807, 2.05) is 121 Å². The number of hydrogen-bond acceptors (Lipinski definition) is 4. The van der Waals surface area contributed by atoms with E-state index in [2.05, 4.69) is 34.9 Å². The molecule has 0 aliphatic carbocycles. The van der Waals surface area contributed by atoms with Crippen molar-refractivity contribution >= 4 is 66.2 Å².